The molecule has 0 radical (unpaired) electrons. The van der Waals surface area contributed by atoms with E-state index in [4.69, 9.17) is 16.0 Å². The van der Waals surface area contributed by atoms with Crippen LogP contribution in [0.1, 0.15) is 47.5 Å². The summed E-state index contributed by atoms with van der Waals surface area (Å²) in [6.07, 6.45) is 2.19. The summed E-state index contributed by atoms with van der Waals surface area (Å²) in [6.45, 7) is 5.55. The van der Waals surface area contributed by atoms with Gasteiger partial charge in [-0.3, -0.25) is 9.59 Å². The van der Waals surface area contributed by atoms with E-state index >= 15 is 0 Å². The zero-order valence-electron chi connectivity index (χ0n) is 15.6. The van der Waals surface area contributed by atoms with Gasteiger partial charge in [0.2, 0.25) is 11.8 Å². The Morgan fingerprint density at radius 3 is 2.70 bits per heavy atom. The monoisotopic (exact) mass is 389 g/mol. The number of amides is 2. The molecule has 0 bridgehead atoms. The van der Waals surface area contributed by atoms with Gasteiger partial charge < -0.3 is 14.6 Å². The van der Waals surface area contributed by atoms with Crippen molar-refractivity contribution < 1.29 is 14.0 Å². The van der Waals surface area contributed by atoms with Crippen LogP contribution in [0.15, 0.2) is 28.7 Å². The molecule has 1 aliphatic heterocycles. The van der Waals surface area contributed by atoms with Crippen molar-refractivity contribution in [3.05, 3.63) is 52.2 Å². The lowest BCUT2D eigenvalue weighted by atomic mass is 9.99. The molecule has 2 heterocycles. The summed E-state index contributed by atoms with van der Waals surface area (Å²) < 4.78 is 5.57. The number of carbonyl (C=O) groups is 2. The molecule has 27 heavy (non-hydrogen) atoms. The van der Waals surface area contributed by atoms with E-state index in [0.29, 0.717) is 28.3 Å². The van der Waals surface area contributed by atoms with Crippen LogP contribution in [0.25, 0.3) is 0 Å². The van der Waals surface area contributed by atoms with Crippen LogP contribution in [-0.4, -0.2) is 34.8 Å². The predicted octanol–water partition coefficient (Wildman–Crippen LogP) is 3.37. The first kappa shape index (κ1) is 19.4. The third-order valence-corrected chi connectivity index (χ3v) is 5.23. The van der Waals surface area contributed by atoms with Gasteiger partial charge in [0.15, 0.2) is 5.69 Å². The number of aryl methyl sites for hydroxylation is 1. The molecular formula is C20H24ClN3O3. The number of nitrogens with zero attached hydrogens (tertiary/aromatic N) is 2. The number of piperidine rings is 1. The van der Waals surface area contributed by atoms with Gasteiger partial charge in [0.1, 0.15) is 5.76 Å². The Morgan fingerprint density at radius 1 is 1.30 bits per heavy atom. The maximum Gasteiger partial charge on any atom is 0.276 e. The SMILES string of the molecule is Cc1oc(CNC(=O)Cc2ccccc2Cl)nc1C(=O)N1CCC(C)CC1. The van der Waals surface area contributed by atoms with E-state index in [1.165, 1.54) is 0 Å². The van der Waals surface area contributed by atoms with Crippen LogP contribution in [0.4, 0.5) is 0 Å². The summed E-state index contributed by atoms with van der Waals surface area (Å²) in [4.78, 5) is 30.9. The van der Waals surface area contributed by atoms with Crippen LogP contribution < -0.4 is 5.32 Å². The summed E-state index contributed by atoms with van der Waals surface area (Å²) in [7, 11) is 0. The number of rotatable bonds is 5. The van der Waals surface area contributed by atoms with Crippen molar-refractivity contribution >= 4 is 23.4 Å². The first-order valence-electron chi connectivity index (χ1n) is 9.19. The Hall–Kier alpha value is -2.34. The average Bonchev–Trinajstić information content (AvgIpc) is 3.03. The topological polar surface area (TPSA) is 75.4 Å². The highest BCUT2D eigenvalue weighted by Crippen LogP contribution is 2.20. The highest BCUT2D eigenvalue weighted by atomic mass is 35.5. The molecular weight excluding hydrogens is 366 g/mol. The molecule has 1 saturated heterocycles. The van der Waals surface area contributed by atoms with Gasteiger partial charge in [0.25, 0.3) is 5.91 Å². The molecule has 1 aromatic heterocycles. The zero-order chi connectivity index (χ0) is 19.4. The standard InChI is InChI=1S/C20H24ClN3O3/c1-13-7-9-24(10-8-13)20(26)19-14(2)27-18(23-19)12-22-17(25)11-15-5-3-4-6-16(15)21/h3-6,13H,7-12H2,1-2H3,(H,22,25). The first-order chi connectivity index (χ1) is 12.9. The van der Waals surface area contributed by atoms with Crippen LogP contribution in [0, 0.1) is 12.8 Å². The summed E-state index contributed by atoms with van der Waals surface area (Å²) in [5.74, 6) is 1.17. The summed E-state index contributed by atoms with van der Waals surface area (Å²) in [5.41, 5.74) is 1.09. The number of halogens is 1. The summed E-state index contributed by atoms with van der Waals surface area (Å²) >= 11 is 6.07. The number of carbonyl (C=O) groups excluding carboxylic acids is 2. The predicted molar refractivity (Wildman–Crippen MR) is 103 cm³/mol. The Bertz CT molecular complexity index is 826. The second-order valence-electron chi connectivity index (χ2n) is 7.03. The minimum Gasteiger partial charge on any atom is -0.443 e. The maximum absolute atomic E-state index is 12.7. The molecule has 0 unspecified atom stereocenters. The molecule has 3 rings (SSSR count). The number of aromatic nitrogens is 1. The van der Waals surface area contributed by atoms with Crippen LogP contribution in [0.3, 0.4) is 0 Å². The summed E-state index contributed by atoms with van der Waals surface area (Å²) in [6, 6.07) is 7.22. The second-order valence-corrected chi connectivity index (χ2v) is 7.44. The Kier molecular flexibility index (Phi) is 6.16. The molecule has 0 spiro atoms. The minimum absolute atomic E-state index is 0.100. The fourth-order valence-electron chi connectivity index (χ4n) is 3.14. The van der Waals surface area contributed by atoms with Gasteiger partial charge in [0, 0.05) is 18.1 Å². The van der Waals surface area contributed by atoms with Crippen molar-refractivity contribution in [3.63, 3.8) is 0 Å². The van der Waals surface area contributed by atoms with Crippen molar-refractivity contribution in [2.45, 2.75) is 39.7 Å². The minimum atomic E-state index is -0.183. The Labute approximate surface area is 163 Å². The second kappa shape index (κ2) is 8.57. The van der Waals surface area contributed by atoms with Gasteiger partial charge in [0.05, 0.1) is 13.0 Å². The Morgan fingerprint density at radius 2 is 2.00 bits per heavy atom. The molecule has 7 heteroatoms. The first-order valence-corrected chi connectivity index (χ1v) is 9.57. The van der Waals surface area contributed by atoms with E-state index in [0.717, 1.165) is 31.5 Å². The molecule has 2 aromatic rings. The van der Waals surface area contributed by atoms with Crippen molar-refractivity contribution in [2.75, 3.05) is 13.1 Å². The molecule has 6 nitrogen and oxygen atoms in total. The van der Waals surface area contributed by atoms with E-state index in [1.54, 1.807) is 13.0 Å². The fraction of sp³-hybridized carbons (Fsp3) is 0.450. The van der Waals surface area contributed by atoms with Crippen molar-refractivity contribution in [2.24, 2.45) is 5.92 Å². The maximum atomic E-state index is 12.7. The van der Waals surface area contributed by atoms with E-state index in [2.05, 4.69) is 17.2 Å². The van der Waals surface area contributed by atoms with Gasteiger partial charge >= 0.3 is 0 Å². The fourth-order valence-corrected chi connectivity index (χ4v) is 3.34. The molecule has 144 valence electrons. The molecule has 0 aliphatic carbocycles. The largest absolute Gasteiger partial charge is 0.443 e. The molecule has 0 saturated carbocycles. The van der Waals surface area contributed by atoms with E-state index < -0.39 is 0 Å². The quantitative estimate of drug-likeness (QED) is 0.850. The molecule has 2 amide bonds. The Balaban J connectivity index is 1.57. The van der Waals surface area contributed by atoms with Gasteiger partial charge in [-0.1, -0.05) is 36.7 Å². The number of hydrogen-bond acceptors (Lipinski definition) is 4. The van der Waals surface area contributed by atoms with Gasteiger partial charge in [-0.05, 0) is 37.3 Å². The van der Waals surface area contributed by atoms with E-state index in [1.807, 2.05) is 23.1 Å². The highest BCUT2D eigenvalue weighted by Gasteiger charge is 2.26. The number of hydrogen-bond donors (Lipinski definition) is 1. The lowest BCUT2D eigenvalue weighted by molar-refractivity contribution is -0.120. The lowest BCUT2D eigenvalue weighted by Gasteiger charge is -2.29. The van der Waals surface area contributed by atoms with E-state index in [-0.39, 0.29) is 24.8 Å². The lowest BCUT2D eigenvalue weighted by Crippen LogP contribution is -2.38. The molecule has 0 atom stereocenters. The van der Waals surface area contributed by atoms with Crippen LogP contribution in [-0.2, 0) is 17.8 Å². The smallest absolute Gasteiger partial charge is 0.276 e. The third kappa shape index (κ3) is 4.89. The molecule has 1 N–H and O–H groups in total. The van der Waals surface area contributed by atoms with Gasteiger partial charge in [-0.15, -0.1) is 0 Å². The molecule has 1 aliphatic rings. The zero-order valence-corrected chi connectivity index (χ0v) is 16.4. The third-order valence-electron chi connectivity index (χ3n) is 4.86. The highest BCUT2D eigenvalue weighted by molar-refractivity contribution is 6.31. The number of benzene rings is 1. The van der Waals surface area contributed by atoms with Crippen LogP contribution in [0.2, 0.25) is 5.02 Å². The van der Waals surface area contributed by atoms with Crippen LogP contribution >= 0.6 is 11.6 Å². The average molecular weight is 390 g/mol. The van der Waals surface area contributed by atoms with Gasteiger partial charge in [-0.2, -0.15) is 0 Å². The van der Waals surface area contributed by atoms with Crippen molar-refractivity contribution in [1.29, 1.82) is 0 Å². The van der Waals surface area contributed by atoms with E-state index in [9.17, 15) is 9.59 Å². The summed E-state index contributed by atoms with van der Waals surface area (Å²) in [5, 5.41) is 3.32. The van der Waals surface area contributed by atoms with Crippen molar-refractivity contribution in [1.82, 2.24) is 15.2 Å². The number of oxazole rings is 1. The number of likely N-dealkylation sites (tertiary alicyclic amines) is 1. The van der Waals surface area contributed by atoms with Gasteiger partial charge in [-0.25, -0.2) is 4.98 Å². The number of nitrogens with one attached hydrogen (secondary N) is 1. The molecule has 1 fully saturated rings. The van der Waals surface area contributed by atoms with Crippen LogP contribution in [0.5, 0.6) is 0 Å². The van der Waals surface area contributed by atoms with Crippen molar-refractivity contribution in [3.8, 4) is 0 Å². The normalized spacial score (nSPS) is 15.0. The molecule has 1 aromatic carbocycles.